The van der Waals surface area contributed by atoms with Gasteiger partial charge in [-0.1, -0.05) is 17.3 Å². The zero-order valence-electron chi connectivity index (χ0n) is 10.3. The van der Waals surface area contributed by atoms with Gasteiger partial charge in [0, 0.05) is 7.05 Å². The van der Waals surface area contributed by atoms with Crippen LogP contribution in [0.3, 0.4) is 0 Å². The predicted molar refractivity (Wildman–Crippen MR) is 66.4 cm³/mol. The molecule has 1 amide bonds. The minimum Gasteiger partial charge on any atom is -0.508 e. The molecule has 1 heterocycles. The van der Waals surface area contributed by atoms with E-state index >= 15 is 0 Å². The maximum atomic E-state index is 11.3. The highest BCUT2D eigenvalue weighted by Gasteiger charge is 2.18. The van der Waals surface area contributed by atoms with Crippen LogP contribution in [0, 0.1) is 0 Å². The van der Waals surface area contributed by atoms with E-state index in [4.69, 9.17) is 10.3 Å². The normalized spacial score (nSPS) is 12.1. The molecule has 1 aromatic carbocycles. The molecule has 19 heavy (non-hydrogen) atoms. The number of rotatable bonds is 4. The lowest BCUT2D eigenvalue weighted by Gasteiger charge is -2.06. The topological polar surface area (TPSA) is 114 Å². The molecule has 7 heteroatoms. The molecule has 7 nitrogen and oxygen atoms in total. The monoisotopic (exact) mass is 262 g/mol. The number of aromatic hydroxyl groups is 1. The Morgan fingerprint density at radius 3 is 2.79 bits per heavy atom. The second-order valence-electron chi connectivity index (χ2n) is 4.01. The van der Waals surface area contributed by atoms with Crippen molar-refractivity contribution >= 4 is 5.91 Å². The highest BCUT2D eigenvalue weighted by atomic mass is 16.5. The summed E-state index contributed by atoms with van der Waals surface area (Å²) < 4.78 is 4.95. The number of hydrogen-bond donors (Lipinski definition) is 3. The number of nitrogens with two attached hydrogens (primary N) is 1. The smallest absolute Gasteiger partial charge is 0.292 e. The van der Waals surface area contributed by atoms with Gasteiger partial charge in [0.05, 0.1) is 6.04 Å². The van der Waals surface area contributed by atoms with Crippen molar-refractivity contribution < 1.29 is 14.4 Å². The summed E-state index contributed by atoms with van der Waals surface area (Å²) in [5.41, 5.74) is 6.85. The van der Waals surface area contributed by atoms with Crippen LogP contribution in [0.4, 0.5) is 0 Å². The van der Waals surface area contributed by atoms with E-state index in [1.54, 1.807) is 24.3 Å². The standard InChI is InChI=1S/C12H14N4O3/c1-14-11(18)10-15-12(19-16-10)9(13)6-7-2-4-8(17)5-3-7/h2-5,9,17H,6,13H2,1H3,(H,14,18). The van der Waals surface area contributed by atoms with Crippen LogP contribution in [0.5, 0.6) is 5.75 Å². The molecule has 2 aromatic rings. The summed E-state index contributed by atoms with van der Waals surface area (Å²) in [6, 6.07) is 6.16. The van der Waals surface area contributed by atoms with Gasteiger partial charge in [-0.05, 0) is 24.1 Å². The summed E-state index contributed by atoms with van der Waals surface area (Å²) in [6.07, 6.45) is 0.468. The summed E-state index contributed by atoms with van der Waals surface area (Å²) in [4.78, 5) is 15.2. The van der Waals surface area contributed by atoms with Crippen LogP contribution in [0.25, 0.3) is 0 Å². The van der Waals surface area contributed by atoms with E-state index in [9.17, 15) is 9.90 Å². The quantitative estimate of drug-likeness (QED) is 0.733. The van der Waals surface area contributed by atoms with Crippen molar-refractivity contribution in [1.29, 1.82) is 0 Å². The van der Waals surface area contributed by atoms with Gasteiger partial charge in [0.25, 0.3) is 11.7 Å². The Morgan fingerprint density at radius 1 is 1.47 bits per heavy atom. The van der Waals surface area contributed by atoms with Gasteiger partial charge in [-0.25, -0.2) is 0 Å². The van der Waals surface area contributed by atoms with E-state index in [0.717, 1.165) is 5.56 Å². The lowest BCUT2D eigenvalue weighted by atomic mass is 10.1. The first kappa shape index (κ1) is 13.0. The maximum Gasteiger partial charge on any atom is 0.292 e. The number of benzene rings is 1. The molecule has 0 aliphatic heterocycles. The lowest BCUT2D eigenvalue weighted by molar-refractivity contribution is 0.0950. The number of nitrogens with zero attached hydrogens (tertiary/aromatic N) is 2. The zero-order chi connectivity index (χ0) is 13.8. The zero-order valence-corrected chi connectivity index (χ0v) is 10.3. The third-order valence-electron chi connectivity index (χ3n) is 2.58. The van der Waals surface area contributed by atoms with E-state index in [-0.39, 0.29) is 17.5 Å². The van der Waals surface area contributed by atoms with Crippen molar-refractivity contribution in [3.63, 3.8) is 0 Å². The predicted octanol–water partition coefficient (Wildman–Crippen LogP) is 0.377. The van der Waals surface area contributed by atoms with Gasteiger partial charge in [0.15, 0.2) is 0 Å². The van der Waals surface area contributed by atoms with Crippen molar-refractivity contribution in [3.8, 4) is 5.75 Å². The first-order valence-corrected chi connectivity index (χ1v) is 5.69. The van der Waals surface area contributed by atoms with Gasteiger partial charge in [-0.15, -0.1) is 0 Å². The Morgan fingerprint density at radius 2 is 2.16 bits per heavy atom. The fraction of sp³-hybridized carbons (Fsp3) is 0.250. The second kappa shape index (κ2) is 5.49. The maximum absolute atomic E-state index is 11.3. The highest BCUT2D eigenvalue weighted by Crippen LogP contribution is 2.16. The van der Waals surface area contributed by atoms with Gasteiger partial charge < -0.3 is 20.7 Å². The molecule has 1 unspecified atom stereocenters. The van der Waals surface area contributed by atoms with Crippen molar-refractivity contribution in [3.05, 3.63) is 41.5 Å². The van der Waals surface area contributed by atoms with Crippen molar-refractivity contribution in [2.24, 2.45) is 5.73 Å². The van der Waals surface area contributed by atoms with Gasteiger partial charge in [0.1, 0.15) is 5.75 Å². The van der Waals surface area contributed by atoms with Gasteiger partial charge >= 0.3 is 0 Å². The summed E-state index contributed by atoms with van der Waals surface area (Å²) in [7, 11) is 1.48. The van der Waals surface area contributed by atoms with E-state index < -0.39 is 11.9 Å². The number of phenols is 1. The first-order chi connectivity index (χ1) is 9.10. The Hall–Kier alpha value is -2.41. The molecular formula is C12H14N4O3. The molecule has 100 valence electrons. The van der Waals surface area contributed by atoms with Crippen LogP contribution in [-0.4, -0.2) is 28.2 Å². The van der Waals surface area contributed by atoms with Crippen LogP contribution in [0.2, 0.25) is 0 Å². The third-order valence-corrected chi connectivity index (χ3v) is 2.58. The Labute approximate surface area is 109 Å². The number of nitrogens with one attached hydrogen (secondary N) is 1. The SMILES string of the molecule is CNC(=O)c1noc(C(N)Cc2ccc(O)cc2)n1. The molecule has 0 aliphatic carbocycles. The van der Waals surface area contributed by atoms with Crippen LogP contribution >= 0.6 is 0 Å². The highest BCUT2D eigenvalue weighted by molar-refractivity contribution is 5.89. The molecule has 2 rings (SSSR count). The molecule has 0 aliphatic rings. The Kier molecular flexibility index (Phi) is 3.76. The summed E-state index contributed by atoms with van der Waals surface area (Å²) in [6.45, 7) is 0. The van der Waals surface area contributed by atoms with Crippen LogP contribution in [0.15, 0.2) is 28.8 Å². The van der Waals surface area contributed by atoms with E-state index in [2.05, 4.69) is 15.5 Å². The number of carbonyl (C=O) groups is 1. The number of phenolic OH excluding ortho intramolecular Hbond substituents is 1. The van der Waals surface area contributed by atoms with Crippen LogP contribution in [-0.2, 0) is 6.42 Å². The third kappa shape index (κ3) is 3.08. The molecule has 0 spiro atoms. The number of amides is 1. The molecule has 0 radical (unpaired) electrons. The van der Waals surface area contributed by atoms with Crippen LogP contribution < -0.4 is 11.1 Å². The van der Waals surface area contributed by atoms with Gasteiger partial charge in [-0.2, -0.15) is 4.98 Å². The van der Waals surface area contributed by atoms with E-state index in [0.29, 0.717) is 6.42 Å². The fourth-order valence-corrected chi connectivity index (χ4v) is 1.56. The fourth-order valence-electron chi connectivity index (χ4n) is 1.56. The lowest BCUT2D eigenvalue weighted by Crippen LogP contribution is -2.20. The van der Waals surface area contributed by atoms with E-state index in [1.807, 2.05) is 0 Å². The number of carbonyl (C=O) groups excluding carboxylic acids is 1. The largest absolute Gasteiger partial charge is 0.508 e. The second-order valence-corrected chi connectivity index (χ2v) is 4.01. The minimum atomic E-state index is -0.504. The van der Waals surface area contributed by atoms with Gasteiger partial charge in [0.2, 0.25) is 5.89 Å². The number of hydrogen-bond acceptors (Lipinski definition) is 6. The molecule has 4 N–H and O–H groups in total. The Balaban J connectivity index is 2.07. The molecule has 0 fully saturated rings. The average Bonchev–Trinajstić information content (AvgIpc) is 2.90. The summed E-state index contributed by atoms with van der Waals surface area (Å²) >= 11 is 0. The Bertz CT molecular complexity index is 565. The van der Waals surface area contributed by atoms with Crippen molar-refractivity contribution in [2.45, 2.75) is 12.5 Å². The molecular weight excluding hydrogens is 248 g/mol. The number of aromatic nitrogens is 2. The molecule has 0 saturated heterocycles. The minimum absolute atomic E-state index is 0.0429. The van der Waals surface area contributed by atoms with Crippen LogP contribution in [0.1, 0.15) is 28.1 Å². The molecule has 1 aromatic heterocycles. The van der Waals surface area contributed by atoms with E-state index in [1.165, 1.54) is 7.05 Å². The van der Waals surface area contributed by atoms with Gasteiger partial charge in [-0.3, -0.25) is 4.79 Å². The van der Waals surface area contributed by atoms with Crippen molar-refractivity contribution in [2.75, 3.05) is 7.05 Å². The molecule has 0 bridgehead atoms. The molecule has 1 atom stereocenters. The summed E-state index contributed by atoms with van der Waals surface area (Å²) in [5.74, 6) is -0.0748. The first-order valence-electron chi connectivity index (χ1n) is 5.69. The summed E-state index contributed by atoms with van der Waals surface area (Å²) in [5, 5.41) is 15.1. The average molecular weight is 262 g/mol. The van der Waals surface area contributed by atoms with Crippen molar-refractivity contribution in [1.82, 2.24) is 15.5 Å². The molecule has 0 saturated carbocycles.